The van der Waals surface area contributed by atoms with Crippen LogP contribution in [0.15, 0.2) is 77.9 Å². The third-order valence-corrected chi connectivity index (χ3v) is 5.07. The van der Waals surface area contributed by atoms with Crippen molar-refractivity contribution in [2.24, 2.45) is 5.10 Å². The molecule has 0 aliphatic rings. The first-order valence-corrected chi connectivity index (χ1v) is 10.6. The molecule has 0 atom stereocenters. The summed E-state index contributed by atoms with van der Waals surface area (Å²) < 4.78 is 11.4. The van der Waals surface area contributed by atoms with Gasteiger partial charge in [0.25, 0.3) is 5.91 Å². The number of benzene rings is 3. The predicted octanol–water partition coefficient (Wildman–Crippen LogP) is 4.44. The van der Waals surface area contributed by atoms with Crippen LogP contribution >= 0.6 is 0 Å². The zero-order valence-electron chi connectivity index (χ0n) is 18.8. The van der Waals surface area contributed by atoms with Gasteiger partial charge in [0, 0.05) is 5.56 Å². The average Bonchev–Trinajstić information content (AvgIpc) is 3.35. The van der Waals surface area contributed by atoms with E-state index in [1.165, 1.54) is 23.9 Å². The molecule has 0 unspecified atom stereocenters. The maximum Gasteiger partial charge on any atom is 0.289 e. The number of carbonyl (C=O) groups is 1. The van der Waals surface area contributed by atoms with Crippen LogP contribution in [0.25, 0.3) is 11.3 Å². The highest BCUT2D eigenvalue weighted by Crippen LogP contribution is 2.32. The Hall–Kier alpha value is -4.59. The smallest absolute Gasteiger partial charge is 0.289 e. The van der Waals surface area contributed by atoms with Crippen LogP contribution in [-0.4, -0.2) is 34.5 Å². The van der Waals surface area contributed by atoms with Gasteiger partial charge in [-0.2, -0.15) is 10.2 Å². The summed E-state index contributed by atoms with van der Waals surface area (Å²) in [5.41, 5.74) is 7.05. The standard InChI is InChI=1S/C26H24N4O4/c1-17-3-5-19(6-4-17)16-34-24-12-9-20(13-25(24)33-2)22-14-23(29-28-22)26(32)30-27-15-18-7-10-21(31)11-8-18/h3-15,31H,16H2,1-2H3,(H,28,29)(H,30,32)/b27-15-. The largest absolute Gasteiger partial charge is 0.508 e. The molecular formula is C26H24N4O4. The maximum atomic E-state index is 12.4. The van der Waals surface area contributed by atoms with Crippen molar-refractivity contribution in [3.05, 3.63) is 95.2 Å². The minimum absolute atomic E-state index is 0.161. The molecule has 0 bridgehead atoms. The molecule has 8 nitrogen and oxygen atoms in total. The number of hydrogen-bond donors (Lipinski definition) is 3. The molecule has 1 heterocycles. The third kappa shape index (κ3) is 5.60. The van der Waals surface area contributed by atoms with Crippen LogP contribution in [0, 0.1) is 6.92 Å². The first-order valence-electron chi connectivity index (χ1n) is 10.6. The van der Waals surface area contributed by atoms with Crippen molar-refractivity contribution < 1.29 is 19.4 Å². The van der Waals surface area contributed by atoms with E-state index in [1.54, 1.807) is 25.3 Å². The molecule has 4 rings (SSSR count). The number of carbonyl (C=O) groups excluding carboxylic acids is 1. The van der Waals surface area contributed by atoms with Gasteiger partial charge in [0.05, 0.1) is 19.0 Å². The number of H-pyrrole nitrogens is 1. The molecule has 8 heteroatoms. The molecule has 1 amide bonds. The van der Waals surface area contributed by atoms with Crippen LogP contribution in [0.5, 0.6) is 17.2 Å². The number of aromatic hydroxyl groups is 1. The van der Waals surface area contributed by atoms with E-state index in [0.717, 1.165) is 16.7 Å². The van der Waals surface area contributed by atoms with Crippen molar-refractivity contribution in [1.82, 2.24) is 15.6 Å². The number of phenols is 1. The number of aromatic nitrogens is 2. The lowest BCUT2D eigenvalue weighted by molar-refractivity contribution is 0.0950. The van der Waals surface area contributed by atoms with E-state index >= 15 is 0 Å². The van der Waals surface area contributed by atoms with Gasteiger partial charge in [-0.05, 0) is 66.6 Å². The van der Waals surface area contributed by atoms with Gasteiger partial charge in [0.15, 0.2) is 11.5 Å². The van der Waals surface area contributed by atoms with Crippen molar-refractivity contribution in [2.45, 2.75) is 13.5 Å². The molecule has 3 N–H and O–H groups in total. The molecule has 4 aromatic rings. The number of hydrogen-bond acceptors (Lipinski definition) is 6. The predicted molar refractivity (Wildman–Crippen MR) is 129 cm³/mol. The summed E-state index contributed by atoms with van der Waals surface area (Å²) >= 11 is 0. The van der Waals surface area contributed by atoms with Crippen LogP contribution in [0.4, 0.5) is 0 Å². The zero-order valence-corrected chi connectivity index (χ0v) is 18.8. The highest BCUT2D eigenvalue weighted by molar-refractivity contribution is 5.94. The van der Waals surface area contributed by atoms with E-state index in [2.05, 4.69) is 20.7 Å². The number of aryl methyl sites for hydroxylation is 1. The summed E-state index contributed by atoms with van der Waals surface area (Å²) in [6, 6.07) is 21.7. The highest BCUT2D eigenvalue weighted by Gasteiger charge is 2.13. The minimum atomic E-state index is -0.432. The average molecular weight is 457 g/mol. The monoisotopic (exact) mass is 456 g/mol. The van der Waals surface area contributed by atoms with Crippen LogP contribution in [0.3, 0.4) is 0 Å². The first-order chi connectivity index (χ1) is 16.5. The van der Waals surface area contributed by atoms with Crippen molar-refractivity contribution in [3.63, 3.8) is 0 Å². The Labute approximate surface area is 196 Å². The number of ether oxygens (including phenoxy) is 2. The van der Waals surface area contributed by atoms with Crippen molar-refractivity contribution in [3.8, 4) is 28.5 Å². The number of amides is 1. The van der Waals surface area contributed by atoms with Crippen LogP contribution in [0.1, 0.15) is 27.2 Å². The van der Waals surface area contributed by atoms with Gasteiger partial charge in [0.1, 0.15) is 18.1 Å². The van der Waals surface area contributed by atoms with Crippen molar-refractivity contribution in [1.29, 1.82) is 0 Å². The normalized spacial score (nSPS) is 10.9. The number of methoxy groups -OCH3 is 1. The number of phenolic OH excluding ortho intramolecular Hbond substituents is 1. The lowest BCUT2D eigenvalue weighted by Gasteiger charge is -2.12. The van der Waals surface area contributed by atoms with Crippen LogP contribution < -0.4 is 14.9 Å². The molecule has 0 aliphatic heterocycles. The van der Waals surface area contributed by atoms with Gasteiger partial charge in [-0.25, -0.2) is 5.43 Å². The van der Waals surface area contributed by atoms with Gasteiger partial charge in [-0.3, -0.25) is 9.89 Å². The fourth-order valence-corrected chi connectivity index (χ4v) is 3.16. The molecule has 3 aromatic carbocycles. The summed E-state index contributed by atoms with van der Waals surface area (Å²) in [7, 11) is 1.58. The summed E-state index contributed by atoms with van der Waals surface area (Å²) in [5.74, 6) is 0.911. The lowest BCUT2D eigenvalue weighted by atomic mass is 10.1. The SMILES string of the molecule is COc1cc(-c2cc(C(=O)N/N=C\c3ccc(O)cc3)[nH]n2)ccc1OCc1ccc(C)cc1. The van der Waals surface area contributed by atoms with E-state index in [1.807, 2.05) is 49.4 Å². The molecule has 0 saturated carbocycles. The van der Waals surface area contributed by atoms with E-state index in [9.17, 15) is 9.90 Å². The van der Waals surface area contributed by atoms with E-state index in [-0.39, 0.29) is 11.4 Å². The van der Waals surface area contributed by atoms with Gasteiger partial charge < -0.3 is 14.6 Å². The molecule has 34 heavy (non-hydrogen) atoms. The first kappa shape index (κ1) is 22.6. The molecule has 0 aliphatic carbocycles. The van der Waals surface area contributed by atoms with Gasteiger partial charge in [-0.1, -0.05) is 29.8 Å². The highest BCUT2D eigenvalue weighted by atomic mass is 16.5. The summed E-state index contributed by atoms with van der Waals surface area (Å²) in [6.45, 7) is 2.47. The maximum absolute atomic E-state index is 12.4. The molecule has 172 valence electrons. The number of aromatic amines is 1. The van der Waals surface area contributed by atoms with Crippen LogP contribution in [0.2, 0.25) is 0 Å². The minimum Gasteiger partial charge on any atom is -0.508 e. The second kappa shape index (κ2) is 10.4. The second-order valence-corrected chi connectivity index (χ2v) is 7.60. The Morgan fingerprint density at radius 3 is 2.56 bits per heavy atom. The molecule has 0 spiro atoms. The summed E-state index contributed by atoms with van der Waals surface area (Å²) in [5, 5.41) is 20.2. The number of rotatable bonds is 8. The Bertz CT molecular complexity index is 1300. The number of nitrogens with one attached hydrogen (secondary N) is 2. The number of hydrazone groups is 1. The third-order valence-electron chi connectivity index (χ3n) is 5.07. The van der Waals surface area contributed by atoms with Crippen molar-refractivity contribution in [2.75, 3.05) is 7.11 Å². The summed E-state index contributed by atoms with van der Waals surface area (Å²) in [6.07, 6.45) is 1.48. The van der Waals surface area contributed by atoms with Gasteiger partial charge in [0.2, 0.25) is 0 Å². The van der Waals surface area contributed by atoms with E-state index in [0.29, 0.717) is 23.8 Å². The molecule has 0 saturated heterocycles. The zero-order chi connectivity index (χ0) is 23.9. The van der Waals surface area contributed by atoms with E-state index in [4.69, 9.17) is 9.47 Å². The lowest BCUT2D eigenvalue weighted by Crippen LogP contribution is -2.17. The quantitative estimate of drug-likeness (QED) is 0.268. The second-order valence-electron chi connectivity index (χ2n) is 7.60. The Kier molecular flexibility index (Phi) is 6.88. The number of nitrogens with zero attached hydrogens (tertiary/aromatic N) is 2. The van der Waals surface area contributed by atoms with Gasteiger partial charge in [-0.15, -0.1) is 0 Å². The van der Waals surface area contributed by atoms with E-state index < -0.39 is 5.91 Å². The topological polar surface area (TPSA) is 109 Å². The van der Waals surface area contributed by atoms with Crippen LogP contribution in [-0.2, 0) is 6.61 Å². The molecule has 1 aromatic heterocycles. The fraction of sp³-hybridized carbons (Fsp3) is 0.115. The summed E-state index contributed by atoms with van der Waals surface area (Å²) in [4.78, 5) is 12.4. The molecule has 0 radical (unpaired) electrons. The Morgan fingerprint density at radius 1 is 1.06 bits per heavy atom. The van der Waals surface area contributed by atoms with Crippen molar-refractivity contribution >= 4 is 12.1 Å². The molecule has 0 fully saturated rings. The fourth-order valence-electron chi connectivity index (χ4n) is 3.16. The molecular weight excluding hydrogens is 432 g/mol. The Morgan fingerprint density at radius 2 is 1.82 bits per heavy atom. The van der Waals surface area contributed by atoms with Gasteiger partial charge >= 0.3 is 0 Å². The Balaban J connectivity index is 1.41.